The normalized spacial score (nSPS) is 18.3. The smallest absolute Gasteiger partial charge is 0.150 e. The topological polar surface area (TPSA) is 51.2 Å². The van der Waals surface area contributed by atoms with Gasteiger partial charge in [-0.2, -0.15) is 0 Å². The number of hydrogen-bond acceptors (Lipinski definition) is 4. The number of Topliss-reactive ketones (excluding diaryl/α,β-unsaturated/α-hetero) is 1. The molecule has 1 atom stereocenters. The predicted molar refractivity (Wildman–Crippen MR) is 78.4 cm³/mol. The highest BCUT2D eigenvalue weighted by molar-refractivity contribution is 8.01. The molecule has 0 spiro atoms. The average molecular weight is 298 g/mol. The van der Waals surface area contributed by atoms with Crippen LogP contribution in [0.1, 0.15) is 25.3 Å². The van der Waals surface area contributed by atoms with Crippen molar-refractivity contribution in [3.8, 4) is 0 Å². The monoisotopic (exact) mass is 298 g/mol. The number of ketones is 1. The molecule has 0 aromatic heterocycles. The van der Waals surface area contributed by atoms with E-state index in [9.17, 15) is 13.2 Å². The van der Waals surface area contributed by atoms with Crippen molar-refractivity contribution in [3.05, 3.63) is 29.8 Å². The molecule has 0 fully saturated rings. The summed E-state index contributed by atoms with van der Waals surface area (Å²) >= 11 is 1.61. The van der Waals surface area contributed by atoms with Gasteiger partial charge in [-0.1, -0.05) is 25.1 Å². The zero-order chi connectivity index (χ0) is 13.9. The second kappa shape index (κ2) is 6.09. The number of thioether (sulfide) groups is 1. The van der Waals surface area contributed by atoms with Gasteiger partial charge in [-0.15, -0.1) is 11.8 Å². The van der Waals surface area contributed by atoms with E-state index in [1.807, 2.05) is 18.2 Å². The van der Waals surface area contributed by atoms with Crippen LogP contribution >= 0.6 is 11.8 Å². The first kappa shape index (κ1) is 14.6. The van der Waals surface area contributed by atoms with Crippen LogP contribution in [0.3, 0.4) is 0 Å². The van der Waals surface area contributed by atoms with Crippen LogP contribution in [-0.2, 0) is 21.1 Å². The minimum atomic E-state index is -2.95. The zero-order valence-electron chi connectivity index (χ0n) is 11.0. The van der Waals surface area contributed by atoms with E-state index >= 15 is 0 Å². The Morgan fingerprint density at radius 2 is 2.11 bits per heavy atom. The fraction of sp³-hybridized carbons (Fsp3) is 0.500. The van der Waals surface area contributed by atoms with Crippen molar-refractivity contribution >= 4 is 27.4 Å². The highest BCUT2D eigenvalue weighted by atomic mass is 32.2. The van der Waals surface area contributed by atoms with Crippen LogP contribution in [0.25, 0.3) is 0 Å². The number of fused-ring (bicyclic) bond motifs is 1. The Bertz CT molecular complexity index is 539. The molecule has 0 saturated carbocycles. The van der Waals surface area contributed by atoms with Crippen molar-refractivity contribution in [3.63, 3.8) is 0 Å². The molecule has 19 heavy (non-hydrogen) atoms. The Labute approximate surface area is 118 Å². The highest BCUT2D eigenvalue weighted by Crippen LogP contribution is 2.37. The van der Waals surface area contributed by atoms with Crippen LogP contribution in [0.5, 0.6) is 0 Å². The highest BCUT2D eigenvalue weighted by Gasteiger charge is 2.27. The lowest BCUT2D eigenvalue weighted by Crippen LogP contribution is -2.18. The van der Waals surface area contributed by atoms with Gasteiger partial charge in [0, 0.05) is 17.1 Å². The molecule has 0 saturated heterocycles. The number of benzene rings is 1. The summed E-state index contributed by atoms with van der Waals surface area (Å²) in [7, 11) is -2.95. The number of carbonyl (C=O) groups excluding carboxylic acids is 1. The van der Waals surface area contributed by atoms with Gasteiger partial charge in [0.2, 0.25) is 0 Å². The minimum Gasteiger partial charge on any atom is -0.298 e. The van der Waals surface area contributed by atoms with Gasteiger partial charge in [-0.05, 0) is 24.5 Å². The van der Waals surface area contributed by atoms with E-state index in [1.165, 1.54) is 10.5 Å². The second-order valence-corrected chi connectivity index (χ2v) is 8.44. The van der Waals surface area contributed by atoms with Crippen LogP contribution in [-0.4, -0.2) is 31.0 Å². The third-order valence-electron chi connectivity index (χ3n) is 3.32. The predicted octanol–water partition coefficient (Wildman–Crippen LogP) is 2.49. The summed E-state index contributed by atoms with van der Waals surface area (Å²) in [6.45, 7) is 1.64. The number of rotatable bonds is 6. The van der Waals surface area contributed by atoms with Gasteiger partial charge in [0.1, 0.15) is 15.6 Å². The Kier molecular flexibility index (Phi) is 4.68. The summed E-state index contributed by atoms with van der Waals surface area (Å²) in [5.41, 5.74) is 1.23. The maximum absolute atomic E-state index is 12.1. The van der Waals surface area contributed by atoms with E-state index in [4.69, 9.17) is 0 Å². The Balaban J connectivity index is 1.84. The molecular formula is C14H18O3S2. The van der Waals surface area contributed by atoms with E-state index in [1.54, 1.807) is 18.7 Å². The van der Waals surface area contributed by atoms with Crippen LogP contribution in [0.2, 0.25) is 0 Å². The Morgan fingerprint density at radius 3 is 2.79 bits per heavy atom. The van der Waals surface area contributed by atoms with Crippen molar-refractivity contribution < 1.29 is 13.2 Å². The first-order valence-electron chi connectivity index (χ1n) is 6.49. The maximum atomic E-state index is 12.1. The van der Waals surface area contributed by atoms with E-state index in [0.717, 1.165) is 6.42 Å². The van der Waals surface area contributed by atoms with E-state index < -0.39 is 9.84 Å². The number of hydrogen-bond donors (Lipinski definition) is 0. The SMILES string of the molecule is CCS(=O)(=O)CCCC(=O)C1Cc2ccccc2S1. The molecule has 1 heterocycles. The first-order chi connectivity index (χ1) is 9.02. The molecule has 2 rings (SSSR count). The van der Waals surface area contributed by atoms with Gasteiger partial charge in [0.05, 0.1) is 11.0 Å². The van der Waals surface area contributed by atoms with Crippen molar-refractivity contribution in [2.75, 3.05) is 11.5 Å². The summed E-state index contributed by atoms with van der Waals surface area (Å²) in [6, 6.07) is 8.05. The molecular weight excluding hydrogens is 280 g/mol. The van der Waals surface area contributed by atoms with Gasteiger partial charge in [0.15, 0.2) is 0 Å². The van der Waals surface area contributed by atoms with E-state index in [-0.39, 0.29) is 22.5 Å². The summed E-state index contributed by atoms with van der Waals surface area (Å²) in [4.78, 5) is 13.3. The van der Waals surface area contributed by atoms with Crippen molar-refractivity contribution in [1.82, 2.24) is 0 Å². The van der Waals surface area contributed by atoms with Crippen molar-refractivity contribution in [2.45, 2.75) is 36.3 Å². The molecule has 1 aromatic carbocycles. The fourth-order valence-electron chi connectivity index (χ4n) is 2.13. The van der Waals surface area contributed by atoms with Gasteiger partial charge in [0.25, 0.3) is 0 Å². The van der Waals surface area contributed by atoms with Gasteiger partial charge >= 0.3 is 0 Å². The largest absolute Gasteiger partial charge is 0.298 e. The van der Waals surface area contributed by atoms with Crippen LogP contribution < -0.4 is 0 Å². The molecule has 5 heteroatoms. The molecule has 1 aromatic rings. The summed E-state index contributed by atoms with van der Waals surface area (Å²) in [5, 5.41) is -0.0262. The molecule has 0 radical (unpaired) electrons. The fourth-order valence-corrected chi connectivity index (χ4v) is 4.28. The molecule has 1 aliphatic rings. The third-order valence-corrected chi connectivity index (χ3v) is 6.48. The van der Waals surface area contributed by atoms with E-state index in [0.29, 0.717) is 12.8 Å². The van der Waals surface area contributed by atoms with E-state index in [2.05, 4.69) is 6.07 Å². The lowest BCUT2D eigenvalue weighted by atomic mass is 10.1. The summed E-state index contributed by atoms with van der Waals surface area (Å²) in [5.74, 6) is 0.456. The van der Waals surface area contributed by atoms with Crippen LogP contribution in [0, 0.1) is 0 Å². The average Bonchev–Trinajstić information content (AvgIpc) is 2.82. The van der Waals surface area contributed by atoms with Crippen LogP contribution in [0.15, 0.2) is 29.2 Å². The molecule has 0 bridgehead atoms. The molecule has 3 nitrogen and oxygen atoms in total. The van der Waals surface area contributed by atoms with Crippen molar-refractivity contribution in [1.29, 1.82) is 0 Å². The quantitative estimate of drug-likeness (QED) is 0.809. The minimum absolute atomic E-state index is 0.0262. The summed E-state index contributed by atoms with van der Waals surface area (Å²) in [6.07, 6.45) is 1.59. The molecule has 0 amide bonds. The molecule has 0 aliphatic carbocycles. The third kappa shape index (κ3) is 3.83. The van der Waals surface area contributed by atoms with Crippen molar-refractivity contribution in [2.24, 2.45) is 0 Å². The number of sulfone groups is 1. The van der Waals surface area contributed by atoms with Gasteiger partial charge in [-0.25, -0.2) is 8.42 Å². The first-order valence-corrected chi connectivity index (χ1v) is 9.19. The maximum Gasteiger partial charge on any atom is 0.150 e. The Hall–Kier alpha value is -0.810. The summed E-state index contributed by atoms with van der Waals surface area (Å²) < 4.78 is 22.7. The second-order valence-electron chi connectivity index (χ2n) is 4.72. The lowest BCUT2D eigenvalue weighted by Gasteiger charge is -2.07. The van der Waals surface area contributed by atoms with Gasteiger partial charge < -0.3 is 0 Å². The van der Waals surface area contributed by atoms with Gasteiger partial charge in [-0.3, -0.25) is 4.79 Å². The molecule has 0 N–H and O–H groups in total. The molecule has 1 aliphatic heterocycles. The molecule has 104 valence electrons. The number of carbonyl (C=O) groups is 1. The lowest BCUT2D eigenvalue weighted by molar-refractivity contribution is -0.118. The zero-order valence-corrected chi connectivity index (χ0v) is 12.6. The standard InChI is InChI=1S/C14H18O3S2/c1-2-19(16,17)9-5-7-12(15)14-10-11-6-3-4-8-13(11)18-14/h3-4,6,8,14H,2,5,7,9-10H2,1H3. The van der Waals surface area contributed by atoms with Crippen LogP contribution in [0.4, 0.5) is 0 Å². The Morgan fingerprint density at radius 1 is 1.37 bits per heavy atom. The molecule has 1 unspecified atom stereocenters.